The van der Waals surface area contributed by atoms with Crippen molar-refractivity contribution in [3.8, 4) is 17.0 Å². The molecule has 0 saturated carbocycles. The fourth-order valence-electron chi connectivity index (χ4n) is 3.89. The lowest BCUT2D eigenvalue weighted by molar-refractivity contribution is -0.919. The molecule has 0 unspecified atom stereocenters. The van der Waals surface area contributed by atoms with Gasteiger partial charge in [-0.1, -0.05) is 0 Å². The Balaban J connectivity index is 1.68. The van der Waals surface area contributed by atoms with Gasteiger partial charge in [-0.15, -0.1) is 0 Å². The predicted molar refractivity (Wildman–Crippen MR) is 107 cm³/mol. The van der Waals surface area contributed by atoms with E-state index in [1.165, 1.54) is 4.90 Å². The Morgan fingerprint density at radius 3 is 2.61 bits per heavy atom. The van der Waals surface area contributed by atoms with E-state index in [1.54, 1.807) is 7.11 Å². The number of imidazole rings is 1. The van der Waals surface area contributed by atoms with Gasteiger partial charge in [-0.3, -0.25) is 4.40 Å². The number of hydrogen-bond donors (Lipinski definition) is 1. The fraction of sp³-hybridized carbons (Fsp3) is 0.333. The average molecular weight is 444 g/mol. The van der Waals surface area contributed by atoms with Gasteiger partial charge in [0.25, 0.3) is 0 Å². The number of carbonyl (C=O) groups is 1. The van der Waals surface area contributed by atoms with Crippen molar-refractivity contribution in [3.63, 3.8) is 0 Å². The van der Waals surface area contributed by atoms with Crippen LogP contribution in [0.25, 0.3) is 16.9 Å². The van der Waals surface area contributed by atoms with Crippen LogP contribution in [0.1, 0.15) is 18.5 Å². The van der Waals surface area contributed by atoms with Crippen LogP contribution in [0.2, 0.25) is 0 Å². The Kier molecular flexibility index (Phi) is 5.37. The van der Waals surface area contributed by atoms with Gasteiger partial charge in [0.1, 0.15) is 23.6 Å². The summed E-state index contributed by atoms with van der Waals surface area (Å²) in [7, 11) is 1.66. The van der Waals surface area contributed by atoms with Gasteiger partial charge in [-0.05, 0) is 52.3 Å². The number of pyridine rings is 1. The number of carbonyl (C=O) groups excluding carboxylic acids is 1. The first kappa shape index (κ1) is 19.0. The van der Waals surface area contributed by atoms with E-state index in [-0.39, 0.29) is 5.92 Å². The maximum Gasteiger partial charge on any atom is 0.137 e. The van der Waals surface area contributed by atoms with Gasteiger partial charge in [-0.2, -0.15) is 0 Å². The number of carboxylic acid groups (broad SMARTS) is 1. The third-order valence-corrected chi connectivity index (χ3v) is 5.96. The minimum atomic E-state index is -0.920. The highest BCUT2D eigenvalue weighted by Gasteiger charge is 2.26. The van der Waals surface area contributed by atoms with Crippen molar-refractivity contribution in [3.05, 3.63) is 52.8 Å². The number of aliphatic carboxylic acids is 1. The van der Waals surface area contributed by atoms with Crippen molar-refractivity contribution in [1.29, 1.82) is 0 Å². The summed E-state index contributed by atoms with van der Waals surface area (Å²) in [6.07, 6.45) is 3.37. The number of nitrogens with one attached hydrogen (secondary N) is 1. The van der Waals surface area contributed by atoms with Crippen molar-refractivity contribution in [2.45, 2.75) is 19.4 Å². The molecule has 3 heterocycles. The topological polar surface area (TPSA) is 71.1 Å². The number of carboxylic acids is 1. The standard InChI is InChI=1S/C21H22BrN3O3/c1-28-17-5-2-14(3-6-17)20-18(25-12-16(22)4-7-19(25)23-20)13-24-10-8-15(9-11-24)21(26)27/h2-7,12,15H,8-11,13H2,1H3,(H,26,27). The highest BCUT2D eigenvalue weighted by atomic mass is 79.9. The summed E-state index contributed by atoms with van der Waals surface area (Å²) in [5.74, 6) is -0.426. The molecule has 1 N–H and O–H groups in total. The van der Waals surface area contributed by atoms with E-state index in [0.717, 1.165) is 52.5 Å². The first-order valence-corrected chi connectivity index (χ1v) is 10.2. The molecule has 1 aromatic carbocycles. The molecule has 7 heteroatoms. The number of benzene rings is 1. The van der Waals surface area contributed by atoms with Crippen molar-refractivity contribution in [2.24, 2.45) is 5.92 Å². The van der Waals surface area contributed by atoms with Crippen LogP contribution in [0.3, 0.4) is 0 Å². The third kappa shape index (κ3) is 3.77. The number of ether oxygens (including phenoxy) is 1. The molecule has 0 spiro atoms. The number of rotatable bonds is 5. The second kappa shape index (κ2) is 7.93. The summed E-state index contributed by atoms with van der Waals surface area (Å²) in [5, 5.41) is 11.1. The molecule has 0 bridgehead atoms. The summed E-state index contributed by atoms with van der Waals surface area (Å²) >= 11 is 3.56. The molecule has 0 aliphatic carbocycles. The van der Waals surface area contributed by atoms with Gasteiger partial charge in [-0.25, -0.2) is 4.98 Å². The van der Waals surface area contributed by atoms with Crippen LogP contribution in [0.15, 0.2) is 47.1 Å². The maximum atomic E-state index is 11.1. The Labute approximate surface area is 171 Å². The Morgan fingerprint density at radius 2 is 1.96 bits per heavy atom. The van der Waals surface area contributed by atoms with E-state index >= 15 is 0 Å². The third-order valence-electron chi connectivity index (χ3n) is 5.49. The van der Waals surface area contributed by atoms with Gasteiger partial charge < -0.3 is 19.5 Å². The first-order valence-electron chi connectivity index (χ1n) is 9.40. The van der Waals surface area contributed by atoms with Crippen molar-refractivity contribution >= 4 is 27.5 Å². The molecular formula is C21H22BrN3O3. The number of nitrogens with zero attached hydrogens (tertiary/aromatic N) is 2. The fourth-order valence-corrected chi connectivity index (χ4v) is 4.23. The highest BCUT2D eigenvalue weighted by Crippen LogP contribution is 2.27. The van der Waals surface area contributed by atoms with Crippen LogP contribution in [0, 0.1) is 5.92 Å². The van der Waals surface area contributed by atoms with Crippen molar-refractivity contribution < 1.29 is 19.5 Å². The molecule has 1 aliphatic heterocycles. The molecular weight excluding hydrogens is 422 g/mol. The highest BCUT2D eigenvalue weighted by molar-refractivity contribution is 9.10. The lowest BCUT2D eigenvalue weighted by atomic mass is 9.97. The molecule has 0 atom stereocenters. The summed E-state index contributed by atoms with van der Waals surface area (Å²) in [6, 6.07) is 11.9. The average Bonchev–Trinajstić information content (AvgIpc) is 3.06. The molecule has 4 rings (SSSR count). The lowest BCUT2D eigenvalue weighted by Gasteiger charge is -2.29. The predicted octanol–water partition coefficient (Wildman–Crippen LogP) is 1.32. The van der Waals surface area contributed by atoms with E-state index < -0.39 is 5.97 Å². The first-order chi connectivity index (χ1) is 13.5. The van der Waals surface area contributed by atoms with Crippen LogP contribution < -0.4 is 14.7 Å². The van der Waals surface area contributed by atoms with E-state index in [9.17, 15) is 9.90 Å². The van der Waals surface area contributed by atoms with Gasteiger partial charge in [0.2, 0.25) is 0 Å². The van der Waals surface area contributed by atoms with Crippen molar-refractivity contribution in [2.75, 3.05) is 20.2 Å². The molecule has 2 aromatic heterocycles. The van der Waals surface area contributed by atoms with Gasteiger partial charge >= 0.3 is 0 Å². The van der Waals surface area contributed by atoms with Gasteiger partial charge in [0, 0.05) is 41.0 Å². The number of piperidine rings is 1. The summed E-state index contributed by atoms with van der Waals surface area (Å²) in [5.41, 5.74) is 4.02. The molecule has 1 saturated heterocycles. The summed E-state index contributed by atoms with van der Waals surface area (Å²) in [4.78, 5) is 17.4. The molecule has 0 radical (unpaired) electrons. The van der Waals surface area contributed by atoms with Crippen LogP contribution >= 0.6 is 15.9 Å². The van der Waals surface area contributed by atoms with E-state index in [0.29, 0.717) is 12.8 Å². The van der Waals surface area contributed by atoms with Gasteiger partial charge in [0.15, 0.2) is 0 Å². The van der Waals surface area contributed by atoms with Gasteiger partial charge in [0.05, 0.1) is 25.9 Å². The van der Waals surface area contributed by atoms with E-state index in [2.05, 4.69) is 20.3 Å². The molecule has 3 aromatic rings. The number of quaternary nitrogens is 1. The number of hydrogen-bond acceptors (Lipinski definition) is 4. The smallest absolute Gasteiger partial charge is 0.137 e. The minimum Gasteiger partial charge on any atom is -0.550 e. The molecule has 0 amide bonds. The Morgan fingerprint density at radius 1 is 1.25 bits per heavy atom. The van der Waals surface area contributed by atoms with Crippen LogP contribution in [-0.4, -0.2) is 35.6 Å². The monoisotopic (exact) mass is 443 g/mol. The second-order valence-electron chi connectivity index (χ2n) is 7.23. The molecule has 6 nitrogen and oxygen atoms in total. The zero-order valence-corrected chi connectivity index (χ0v) is 17.2. The zero-order chi connectivity index (χ0) is 19.7. The quantitative estimate of drug-likeness (QED) is 0.645. The minimum absolute atomic E-state index is 0.318. The molecule has 28 heavy (non-hydrogen) atoms. The Bertz CT molecular complexity index is 992. The number of aromatic nitrogens is 2. The van der Waals surface area contributed by atoms with Crippen molar-refractivity contribution in [1.82, 2.24) is 9.38 Å². The molecule has 1 aliphatic rings. The van der Waals surface area contributed by atoms with E-state index in [4.69, 9.17) is 9.72 Å². The number of halogens is 1. The SMILES string of the molecule is COc1ccc(-c2nc3ccc(Br)cn3c2C[NH+]2CCC(C(=O)[O-])CC2)cc1. The second-order valence-corrected chi connectivity index (χ2v) is 8.15. The lowest BCUT2D eigenvalue weighted by Crippen LogP contribution is -3.12. The molecule has 146 valence electrons. The normalized spacial score (nSPS) is 19.6. The number of likely N-dealkylation sites (tertiary alicyclic amines) is 1. The summed E-state index contributed by atoms with van der Waals surface area (Å²) < 4.78 is 8.39. The summed E-state index contributed by atoms with van der Waals surface area (Å²) in [6.45, 7) is 2.43. The zero-order valence-electron chi connectivity index (χ0n) is 15.7. The molecule has 1 fully saturated rings. The van der Waals surface area contributed by atoms with Crippen LogP contribution in [0.4, 0.5) is 0 Å². The Hall–Kier alpha value is -2.38. The number of fused-ring (bicyclic) bond motifs is 1. The van der Waals surface area contributed by atoms with Crippen LogP contribution in [0.5, 0.6) is 5.75 Å². The number of methoxy groups -OCH3 is 1. The van der Waals surface area contributed by atoms with Crippen LogP contribution in [-0.2, 0) is 11.3 Å². The largest absolute Gasteiger partial charge is 0.550 e. The maximum absolute atomic E-state index is 11.1. The van der Waals surface area contributed by atoms with E-state index in [1.807, 2.05) is 42.6 Å².